The van der Waals surface area contributed by atoms with Crippen molar-refractivity contribution in [2.45, 2.75) is 6.54 Å². The van der Waals surface area contributed by atoms with E-state index in [2.05, 4.69) is 10.3 Å². The summed E-state index contributed by atoms with van der Waals surface area (Å²) >= 11 is 0. The van der Waals surface area contributed by atoms with Crippen LogP contribution in [-0.4, -0.2) is 12.0 Å². The van der Waals surface area contributed by atoms with E-state index in [9.17, 15) is 4.39 Å². The van der Waals surface area contributed by atoms with Crippen LogP contribution in [0.1, 0.15) is 5.69 Å². The number of aromatic nitrogens is 1. The minimum absolute atomic E-state index is 0.292. The summed E-state index contributed by atoms with van der Waals surface area (Å²) in [5, 5.41) is 2.92. The van der Waals surface area contributed by atoms with Gasteiger partial charge < -0.3 is 5.32 Å². The van der Waals surface area contributed by atoms with Gasteiger partial charge in [0.15, 0.2) is 0 Å². The Bertz CT molecular complexity index is 195. The summed E-state index contributed by atoms with van der Waals surface area (Å²) in [5.74, 6) is -0.292. The highest BCUT2D eigenvalue weighted by Gasteiger charge is 1.91. The zero-order valence-electron chi connectivity index (χ0n) is 5.76. The van der Waals surface area contributed by atoms with Gasteiger partial charge in [0.2, 0.25) is 0 Å². The first kappa shape index (κ1) is 7.15. The Labute approximate surface area is 59.1 Å². The van der Waals surface area contributed by atoms with E-state index >= 15 is 0 Å². The van der Waals surface area contributed by atoms with Crippen LogP contribution in [0, 0.1) is 5.82 Å². The molecule has 3 heteroatoms. The van der Waals surface area contributed by atoms with Crippen molar-refractivity contribution in [3.63, 3.8) is 0 Å². The van der Waals surface area contributed by atoms with Crippen molar-refractivity contribution in [1.82, 2.24) is 10.3 Å². The number of halogens is 1. The molecule has 1 aromatic heterocycles. The lowest BCUT2D eigenvalue weighted by molar-refractivity contribution is 0.617. The van der Waals surface area contributed by atoms with E-state index in [-0.39, 0.29) is 5.82 Å². The maximum Gasteiger partial charge on any atom is 0.141 e. The van der Waals surface area contributed by atoms with Gasteiger partial charge in [-0.2, -0.15) is 0 Å². The van der Waals surface area contributed by atoms with Crippen molar-refractivity contribution in [3.8, 4) is 0 Å². The van der Waals surface area contributed by atoms with Gasteiger partial charge in [-0.3, -0.25) is 4.98 Å². The van der Waals surface area contributed by atoms with E-state index in [0.717, 1.165) is 5.69 Å². The molecule has 0 bridgehead atoms. The van der Waals surface area contributed by atoms with Crippen LogP contribution < -0.4 is 5.32 Å². The van der Waals surface area contributed by atoms with Gasteiger partial charge in [0, 0.05) is 6.54 Å². The molecule has 0 unspecified atom stereocenters. The van der Waals surface area contributed by atoms with Gasteiger partial charge in [-0.05, 0) is 19.2 Å². The average Bonchev–Trinajstić information content (AvgIpc) is 1.95. The molecule has 1 N–H and O–H groups in total. The third-order valence-corrected chi connectivity index (χ3v) is 1.15. The number of pyridine rings is 1. The monoisotopic (exact) mass is 140 g/mol. The van der Waals surface area contributed by atoms with E-state index in [4.69, 9.17) is 0 Å². The zero-order valence-corrected chi connectivity index (χ0v) is 5.76. The smallest absolute Gasteiger partial charge is 0.141 e. The molecular weight excluding hydrogens is 131 g/mol. The molecule has 0 saturated carbocycles. The normalized spacial score (nSPS) is 9.80. The van der Waals surface area contributed by atoms with E-state index in [1.807, 2.05) is 7.05 Å². The van der Waals surface area contributed by atoms with Gasteiger partial charge >= 0.3 is 0 Å². The largest absolute Gasteiger partial charge is 0.314 e. The Kier molecular flexibility index (Phi) is 2.34. The lowest BCUT2D eigenvalue weighted by Crippen LogP contribution is -2.06. The first-order chi connectivity index (χ1) is 4.83. The van der Waals surface area contributed by atoms with Gasteiger partial charge in [0.1, 0.15) is 5.82 Å². The maximum absolute atomic E-state index is 12.2. The van der Waals surface area contributed by atoms with Gasteiger partial charge in [-0.1, -0.05) is 0 Å². The Hall–Kier alpha value is -0.960. The average molecular weight is 140 g/mol. The first-order valence-electron chi connectivity index (χ1n) is 3.08. The van der Waals surface area contributed by atoms with E-state index in [0.29, 0.717) is 6.54 Å². The van der Waals surface area contributed by atoms with Crippen molar-refractivity contribution in [2.75, 3.05) is 7.05 Å². The van der Waals surface area contributed by atoms with Crippen molar-refractivity contribution >= 4 is 0 Å². The van der Waals surface area contributed by atoms with Gasteiger partial charge in [-0.15, -0.1) is 0 Å². The summed E-state index contributed by atoms with van der Waals surface area (Å²) in [6.45, 7) is 0.681. The quantitative estimate of drug-likeness (QED) is 0.661. The zero-order chi connectivity index (χ0) is 7.40. The molecular formula is C7H9FN2. The minimum atomic E-state index is -0.292. The molecule has 0 fully saturated rings. The number of nitrogens with one attached hydrogen (secondary N) is 1. The third-order valence-electron chi connectivity index (χ3n) is 1.15. The van der Waals surface area contributed by atoms with Crippen LogP contribution in [-0.2, 0) is 6.54 Å². The molecule has 0 spiro atoms. The first-order valence-corrected chi connectivity index (χ1v) is 3.08. The lowest BCUT2D eigenvalue weighted by Gasteiger charge is -1.96. The van der Waals surface area contributed by atoms with Crippen LogP contribution in [0.3, 0.4) is 0 Å². The van der Waals surface area contributed by atoms with Crippen molar-refractivity contribution in [3.05, 3.63) is 29.8 Å². The lowest BCUT2D eigenvalue weighted by atomic mass is 10.3. The predicted octanol–water partition coefficient (Wildman–Crippen LogP) is 0.940. The second kappa shape index (κ2) is 3.27. The predicted molar refractivity (Wildman–Crippen MR) is 37.0 cm³/mol. The summed E-state index contributed by atoms with van der Waals surface area (Å²) in [6.07, 6.45) is 1.21. The second-order valence-electron chi connectivity index (χ2n) is 2.00. The topological polar surface area (TPSA) is 24.9 Å². The SMILES string of the molecule is CNCc1ccc(F)cn1. The Morgan fingerprint density at radius 1 is 1.60 bits per heavy atom. The summed E-state index contributed by atoms with van der Waals surface area (Å²) < 4.78 is 12.2. The summed E-state index contributed by atoms with van der Waals surface area (Å²) in [7, 11) is 1.82. The van der Waals surface area contributed by atoms with Gasteiger partial charge in [0.25, 0.3) is 0 Å². The molecule has 0 aliphatic rings. The van der Waals surface area contributed by atoms with Gasteiger partial charge in [0.05, 0.1) is 11.9 Å². The maximum atomic E-state index is 12.2. The highest BCUT2D eigenvalue weighted by atomic mass is 19.1. The Balaban J connectivity index is 2.69. The second-order valence-corrected chi connectivity index (χ2v) is 2.00. The molecule has 0 amide bonds. The standard InChI is InChI=1S/C7H9FN2/c1-9-5-7-3-2-6(8)4-10-7/h2-4,9H,5H2,1H3. The molecule has 0 aliphatic heterocycles. The molecule has 1 aromatic rings. The fourth-order valence-corrected chi connectivity index (χ4v) is 0.692. The van der Waals surface area contributed by atoms with Crippen LogP contribution in [0.5, 0.6) is 0 Å². The van der Waals surface area contributed by atoms with Crippen LogP contribution >= 0.6 is 0 Å². The van der Waals surface area contributed by atoms with E-state index in [1.165, 1.54) is 12.3 Å². The molecule has 0 aromatic carbocycles. The third kappa shape index (κ3) is 1.77. The van der Waals surface area contributed by atoms with Crippen molar-refractivity contribution in [2.24, 2.45) is 0 Å². The van der Waals surface area contributed by atoms with Gasteiger partial charge in [-0.25, -0.2) is 4.39 Å². The number of hydrogen-bond acceptors (Lipinski definition) is 2. The fourth-order valence-electron chi connectivity index (χ4n) is 0.692. The molecule has 54 valence electrons. The van der Waals surface area contributed by atoms with E-state index < -0.39 is 0 Å². The molecule has 2 nitrogen and oxygen atoms in total. The Morgan fingerprint density at radius 2 is 2.40 bits per heavy atom. The molecule has 0 atom stereocenters. The summed E-state index contributed by atoms with van der Waals surface area (Å²) in [6, 6.07) is 3.06. The van der Waals surface area contributed by atoms with Crippen LogP contribution in [0.2, 0.25) is 0 Å². The molecule has 0 saturated heterocycles. The number of rotatable bonds is 2. The molecule has 0 aliphatic carbocycles. The molecule has 0 radical (unpaired) electrons. The molecule has 10 heavy (non-hydrogen) atoms. The number of nitrogens with zero attached hydrogens (tertiary/aromatic N) is 1. The number of hydrogen-bond donors (Lipinski definition) is 1. The van der Waals surface area contributed by atoms with Crippen molar-refractivity contribution in [1.29, 1.82) is 0 Å². The molecule has 1 rings (SSSR count). The van der Waals surface area contributed by atoms with Crippen molar-refractivity contribution < 1.29 is 4.39 Å². The van der Waals surface area contributed by atoms with E-state index in [1.54, 1.807) is 6.07 Å². The highest BCUT2D eigenvalue weighted by molar-refractivity contribution is 5.04. The molecule has 1 heterocycles. The van der Waals surface area contributed by atoms with Crippen LogP contribution in [0.4, 0.5) is 4.39 Å². The van der Waals surface area contributed by atoms with Crippen LogP contribution in [0.15, 0.2) is 18.3 Å². The Morgan fingerprint density at radius 3 is 2.90 bits per heavy atom. The minimum Gasteiger partial charge on any atom is -0.314 e. The highest BCUT2D eigenvalue weighted by Crippen LogP contribution is 1.96. The van der Waals surface area contributed by atoms with Crippen LogP contribution in [0.25, 0.3) is 0 Å². The summed E-state index contributed by atoms with van der Waals surface area (Å²) in [5.41, 5.74) is 0.851. The fraction of sp³-hybridized carbons (Fsp3) is 0.286. The summed E-state index contributed by atoms with van der Waals surface area (Å²) in [4.78, 5) is 3.83.